The third-order valence-corrected chi connectivity index (χ3v) is 9.28. The molecule has 0 saturated carbocycles. The number of anilines is 2. The van der Waals surface area contributed by atoms with Crippen molar-refractivity contribution in [3.8, 4) is 0 Å². The van der Waals surface area contributed by atoms with Crippen molar-refractivity contribution in [2.75, 3.05) is 36.8 Å². The van der Waals surface area contributed by atoms with Crippen LogP contribution in [0.5, 0.6) is 0 Å². The van der Waals surface area contributed by atoms with E-state index in [4.69, 9.17) is 11.6 Å². The summed E-state index contributed by atoms with van der Waals surface area (Å²) in [5.74, 6) is -0.734. The first-order chi connectivity index (χ1) is 25.4. The van der Waals surface area contributed by atoms with Crippen LogP contribution in [0.25, 0.3) is 0 Å². The molecule has 288 valence electrons. The van der Waals surface area contributed by atoms with E-state index in [-0.39, 0.29) is 79.6 Å². The summed E-state index contributed by atoms with van der Waals surface area (Å²) in [5, 5.41) is 5.24. The number of hydrogen-bond acceptors (Lipinski definition) is 4. The highest BCUT2D eigenvalue weighted by Crippen LogP contribution is 2.40. The number of nitrogens with zero attached hydrogens (tertiary/aromatic N) is 4. The lowest BCUT2D eigenvalue weighted by Crippen LogP contribution is -2.45. The number of benzene rings is 2. The maximum absolute atomic E-state index is 15.2. The summed E-state index contributed by atoms with van der Waals surface area (Å²) in [7, 11) is 0. The van der Waals surface area contributed by atoms with Gasteiger partial charge in [0, 0.05) is 75.6 Å². The number of carbonyl (C=O) groups is 2. The van der Waals surface area contributed by atoms with Gasteiger partial charge in [-0.1, -0.05) is 11.6 Å². The van der Waals surface area contributed by atoms with Gasteiger partial charge in [-0.25, -0.2) is 22.8 Å². The molecule has 2 aliphatic rings. The fourth-order valence-corrected chi connectivity index (χ4v) is 6.21. The zero-order chi connectivity index (χ0) is 39.3. The predicted octanol–water partition coefficient (Wildman–Crippen LogP) is 9.98. The van der Waals surface area contributed by atoms with Crippen molar-refractivity contribution in [1.82, 2.24) is 19.8 Å². The summed E-state index contributed by atoms with van der Waals surface area (Å²) >= 11 is 6.02. The molecule has 2 aliphatic heterocycles. The molecule has 0 unspecified atom stereocenters. The predicted molar refractivity (Wildman–Crippen MR) is 182 cm³/mol. The molecule has 54 heavy (non-hydrogen) atoms. The number of hydrogen-bond donors (Lipinski definition) is 2. The van der Waals surface area contributed by atoms with Crippen molar-refractivity contribution < 1.29 is 49.1 Å². The molecular formula is C36H32ClF9N6O2. The molecule has 2 aromatic carbocycles. The number of rotatable bonds is 4. The second-order valence-electron chi connectivity index (χ2n) is 12.6. The second kappa shape index (κ2) is 16.1. The topological polar surface area (TPSA) is 90.5 Å². The highest BCUT2D eigenvalue weighted by Gasteiger charge is 2.42. The Morgan fingerprint density at radius 3 is 1.35 bits per heavy atom. The third-order valence-electron chi connectivity index (χ3n) is 8.98. The van der Waals surface area contributed by atoms with Gasteiger partial charge in [-0.15, -0.1) is 0 Å². The van der Waals surface area contributed by atoms with Crippen molar-refractivity contribution in [2.24, 2.45) is 0 Å². The van der Waals surface area contributed by atoms with E-state index in [1.807, 2.05) is 0 Å². The van der Waals surface area contributed by atoms with Crippen molar-refractivity contribution in [3.05, 3.63) is 119 Å². The maximum atomic E-state index is 15.2. The summed E-state index contributed by atoms with van der Waals surface area (Å²) in [6, 6.07) is 12.8. The van der Waals surface area contributed by atoms with Crippen LogP contribution in [0.1, 0.15) is 48.2 Å². The maximum Gasteiger partial charge on any atom is 0.416 e. The van der Waals surface area contributed by atoms with Crippen molar-refractivity contribution in [1.29, 1.82) is 0 Å². The standard InChI is InChI=1S/C18H16ClF4N3O.C18H16F5N3O/c2*19-14-2-1-9-24-15(14)17(20)7-10-26(11-8-17)16(27)25-13-5-3-12(4-6-13)18(21,22)23/h2*1-6,9H,7-8,10-11H2,(H,25,27). The van der Waals surface area contributed by atoms with Gasteiger partial charge in [-0.05, 0) is 72.8 Å². The van der Waals surface area contributed by atoms with Gasteiger partial charge in [0.15, 0.2) is 11.3 Å². The molecule has 0 atom stereocenters. The van der Waals surface area contributed by atoms with Crippen LogP contribution in [0.15, 0.2) is 85.2 Å². The summed E-state index contributed by atoms with van der Waals surface area (Å²) in [6.45, 7) is 0.323. The summed E-state index contributed by atoms with van der Waals surface area (Å²) in [4.78, 5) is 35.1. The minimum absolute atomic E-state index is 0.0268. The van der Waals surface area contributed by atoms with E-state index in [1.54, 1.807) is 12.1 Å². The molecule has 4 heterocycles. The Kier molecular flexibility index (Phi) is 12.0. The molecule has 4 aromatic rings. The van der Waals surface area contributed by atoms with Crippen LogP contribution >= 0.6 is 11.6 Å². The molecule has 4 amide bonds. The summed E-state index contributed by atoms with van der Waals surface area (Å²) in [6.07, 6.45) is -6.31. The highest BCUT2D eigenvalue weighted by atomic mass is 35.5. The molecule has 0 radical (unpaired) electrons. The quantitative estimate of drug-likeness (QED) is 0.202. The summed E-state index contributed by atoms with van der Waals surface area (Å²) < 4.78 is 119. The lowest BCUT2D eigenvalue weighted by Gasteiger charge is -2.36. The van der Waals surface area contributed by atoms with Crippen LogP contribution < -0.4 is 10.6 Å². The Labute approximate surface area is 308 Å². The van der Waals surface area contributed by atoms with E-state index < -0.39 is 52.7 Å². The Hall–Kier alpha value is -5.06. The fourth-order valence-electron chi connectivity index (χ4n) is 5.92. The number of aromatic nitrogens is 2. The van der Waals surface area contributed by atoms with Crippen molar-refractivity contribution >= 4 is 35.0 Å². The van der Waals surface area contributed by atoms with Gasteiger partial charge in [0.2, 0.25) is 0 Å². The minimum Gasteiger partial charge on any atom is -0.324 e. The smallest absolute Gasteiger partial charge is 0.324 e. The van der Waals surface area contributed by atoms with E-state index in [2.05, 4.69) is 20.6 Å². The lowest BCUT2D eigenvalue weighted by molar-refractivity contribution is -0.138. The first-order valence-electron chi connectivity index (χ1n) is 16.4. The molecule has 18 heteroatoms. The van der Waals surface area contributed by atoms with Crippen LogP contribution in [-0.4, -0.2) is 58.0 Å². The van der Waals surface area contributed by atoms with E-state index in [0.717, 1.165) is 42.5 Å². The number of likely N-dealkylation sites (tertiary alicyclic amines) is 2. The SMILES string of the molecule is O=C(Nc1ccc(C(F)(F)F)cc1)N1CCC(F)(c2ncccc2Cl)CC1.O=C(Nc1ccc(C(F)(F)F)cc1)N1CCC(F)(c2ncccc2F)CC1. The van der Waals surface area contributed by atoms with Crippen molar-refractivity contribution in [3.63, 3.8) is 0 Å². The Morgan fingerprint density at radius 1 is 0.611 bits per heavy atom. The number of carbonyl (C=O) groups excluding carboxylic acids is 2. The van der Waals surface area contributed by atoms with Gasteiger partial charge in [-0.2, -0.15) is 26.3 Å². The molecule has 2 fully saturated rings. The Balaban J connectivity index is 0.000000208. The fraction of sp³-hybridized carbons (Fsp3) is 0.333. The molecule has 2 aromatic heterocycles. The molecule has 6 rings (SSSR count). The monoisotopic (exact) mass is 786 g/mol. The van der Waals surface area contributed by atoms with E-state index in [1.165, 1.54) is 40.4 Å². The first kappa shape index (κ1) is 40.1. The number of pyridine rings is 2. The number of halogens is 10. The molecule has 2 N–H and O–H groups in total. The first-order valence-corrected chi connectivity index (χ1v) is 16.8. The molecule has 8 nitrogen and oxygen atoms in total. The highest BCUT2D eigenvalue weighted by molar-refractivity contribution is 6.31. The molecule has 0 aliphatic carbocycles. The lowest BCUT2D eigenvalue weighted by atomic mass is 9.89. The number of urea groups is 2. The molecule has 0 spiro atoms. The molecule has 0 bridgehead atoms. The van der Waals surface area contributed by atoms with E-state index >= 15 is 8.78 Å². The largest absolute Gasteiger partial charge is 0.416 e. The normalized spacial score (nSPS) is 16.9. The van der Waals surface area contributed by atoms with Gasteiger partial charge >= 0.3 is 24.4 Å². The Morgan fingerprint density at radius 2 is 0.981 bits per heavy atom. The van der Waals surface area contributed by atoms with Gasteiger partial charge in [-0.3, -0.25) is 9.97 Å². The third kappa shape index (κ3) is 9.72. The van der Waals surface area contributed by atoms with Crippen LogP contribution in [-0.2, 0) is 23.7 Å². The van der Waals surface area contributed by atoms with Crippen molar-refractivity contribution in [2.45, 2.75) is 49.4 Å². The average Bonchev–Trinajstić information content (AvgIpc) is 3.12. The van der Waals surface area contributed by atoms with Gasteiger partial charge < -0.3 is 20.4 Å². The van der Waals surface area contributed by atoms with Crippen LogP contribution in [0.2, 0.25) is 5.02 Å². The zero-order valence-corrected chi connectivity index (χ0v) is 28.9. The van der Waals surface area contributed by atoms with E-state index in [9.17, 15) is 40.3 Å². The minimum atomic E-state index is -4.46. The van der Waals surface area contributed by atoms with Gasteiger partial charge in [0.05, 0.1) is 21.8 Å². The molecule has 2 saturated heterocycles. The number of amides is 4. The van der Waals surface area contributed by atoms with E-state index in [0.29, 0.717) is 0 Å². The van der Waals surface area contributed by atoms with Crippen LogP contribution in [0.4, 0.5) is 60.5 Å². The Bertz CT molecular complexity index is 1770. The second-order valence-corrected chi connectivity index (χ2v) is 13.0. The van der Waals surface area contributed by atoms with Gasteiger partial charge in [0.1, 0.15) is 11.5 Å². The zero-order valence-electron chi connectivity index (χ0n) is 28.1. The number of alkyl halides is 8. The average molecular weight is 787 g/mol. The molecular weight excluding hydrogens is 755 g/mol. The number of piperidine rings is 2. The van der Waals surface area contributed by atoms with Crippen LogP contribution in [0.3, 0.4) is 0 Å². The number of nitrogens with one attached hydrogen (secondary N) is 2. The van der Waals surface area contributed by atoms with Crippen LogP contribution in [0, 0.1) is 5.82 Å². The van der Waals surface area contributed by atoms with Gasteiger partial charge in [0.25, 0.3) is 0 Å². The summed E-state index contributed by atoms with van der Waals surface area (Å²) in [5.41, 5.74) is -4.98.